The maximum absolute atomic E-state index is 13.1. The summed E-state index contributed by atoms with van der Waals surface area (Å²) in [6, 6.07) is 11.6. The van der Waals surface area contributed by atoms with Gasteiger partial charge in [-0.15, -0.1) is 0 Å². The molecule has 3 aromatic carbocycles. The Labute approximate surface area is 190 Å². The summed E-state index contributed by atoms with van der Waals surface area (Å²) in [5.74, 6) is -0.747. The maximum Gasteiger partial charge on any atom is 0.326 e. The van der Waals surface area contributed by atoms with Crippen LogP contribution >= 0.6 is 46.4 Å². The molecule has 0 unspecified atom stereocenters. The average molecular weight is 488 g/mol. The molecule has 0 fully saturated rings. The number of benzene rings is 3. The first-order chi connectivity index (χ1) is 14.2. The Kier molecular flexibility index (Phi) is 7.05. The summed E-state index contributed by atoms with van der Waals surface area (Å²) >= 11 is 23.9. The molecule has 0 spiro atoms. The summed E-state index contributed by atoms with van der Waals surface area (Å²) in [7, 11) is 0. The number of hydrogen-bond donors (Lipinski definition) is 2. The standard InChI is InChI=1S/C20H11Cl4FN2O3/c21-10-1-5-17(15(23)7-10)30-18-6-3-12(9-16(18)24)26-20(29)27-19(28)13-4-2-11(25)8-14(13)22/h1-9H,(H2,26,27,28,29). The monoisotopic (exact) mass is 486 g/mol. The van der Waals surface area contributed by atoms with Gasteiger partial charge in [0.25, 0.3) is 5.91 Å². The molecule has 0 saturated heterocycles. The lowest BCUT2D eigenvalue weighted by Gasteiger charge is -2.12. The normalized spacial score (nSPS) is 10.4. The first-order valence-corrected chi connectivity index (χ1v) is 9.74. The third-order valence-corrected chi connectivity index (χ3v) is 4.84. The Bertz CT molecular complexity index is 1140. The summed E-state index contributed by atoms with van der Waals surface area (Å²) in [5.41, 5.74) is 0.250. The van der Waals surface area contributed by atoms with Crippen LogP contribution in [0.5, 0.6) is 11.5 Å². The molecule has 154 valence electrons. The van der Waals surface area contributed by atoms with Gasteiger partial charge in [0.2, 0.25) is 0 Å². The van der Waals surface area contributed by atoms with Gasteiger partial charge in [-0.3, -0.25) is 10.1 Å². The predicted octanol–water partition coefficient (Wildman–Crippen LogP) is 7.19. The van der Waals surface area contributed by atoms with Gasteiger partial charge in [0.15, 0.2) is 0 Å². The van der Waals surface area contributed by atoms with E-state index < -0.39 is 17.8 Å². The molecule has 0 aliphatic heterocycles. The van der Waals surface area contributed by atoms with Crippen molar-refractivity contribution < 1.29 is 18.7 Å². The van der Waals surface area contributed by atoms with Gasteiger partial charge >= 0.3 is 6.03 Å². The average Bonchev–Trinajstić information content (AvgIpc) is 2.65. The molecular formula is C20H11Cl4FN2O3. The van der Waals surface area contributed by atoms with Crippen molar-refractivity contribution in [3.05, 3.63) is 86.1 Å². The molecule has 0 aromatic heterocycles. The zero-order valence-electron chi connectivity index (χ0n) is 14.8. The van der Waals surface area contributed by atoms with Gasteiger partial charge in [-0.05, 0) is 54.6 Å². The van der Waals surface area contributed by atoms with E-state index in [4.69, 9.17) is 51.1 Å². The van der Waals surface area contributed by atoms with Crippen LogP contribution in [0, 0.1) is 5.82 Å². The van der Waals surface area contributed by atoms with E-state index >= 15 is 0 Å². The van der Waals surface area contributed by atoms with Crippen molar-refractivity contribution in [2.45, 2.75) is 0 Å². The second-order valence-electron chi connectivity index (χ2n) is 5.85. The molecule has 0 aliphatic carbocycles. The fourth-order valence-electron chi connectivity index (χ4n) is 2.34. The van der Waals surface area contributed by atoms with Crippen molar-refractivity contribution in [2.24, 2.45) is 0 Å². The fraction of sp³-hybridized carbons (Fsp3) is 0. The molecule has 0 radical (unpaired) electrons. The summed E-state index contributed by atoms with van der Waals surface area (Å²) in [5, 5.41) is 5.37. The molecule has 10 heteroatoms. The molecule has 3 rings (SSSR count). The van der Waals surface area contributed by atoms with Crippen LogP contribution in [0.4, 0.5) is 14.9 Å². The second-order valence-corrected chi connectivity index (χ2v) is 7.51. The molecule has 3 aromatic rings. The SMILES string of the molecule is O=C(NC(=O)c1ccc(F)cc1Cl)Nc1ccc(Oc2ccc(Cl)cc2Cl)c(Cl)c1. The quantitative estimate of drug-likeness (QED) is 0.409. The highest BCUT2D eigenvalue weighted by Gasteiger charge is 2.15. The van der Waals surface area contributed by atoms with E-state index in [9.17, 15) is 14.0 Å². The number of carbonyl (C=O) groups excluding carboxylic acids is 2. The Morgan fingerprint density at radius 1 is 0.800 bits per heavy atom. The van der Waals surface area contributed by atoms with Crippen LogP contribution in [-0.2, 0) is 0 Å². The van der Waals surface area contributed by atoms with E-state index in [-0.39, 0.29) is 15.6 Å². The number of nitrogens with one attached hydrogen (secondary N) is 2. The first kappa shape index (κ1) is 22.2. The second kappa shape index (κ2) is 9.53. The molecule has 0 aliphatic rings. The molecule has 5 nitrogen and oxygen atoms in total. The molecule has 2 N–H and O–H groups in total. The summed E-state index contributed by atoms with van der Waals surface area (Å²) in [6.07, 6.45) is 0. The minimum atomic E-state index is -0.828. The molecule has 30 heavy (non-hydrogen) atoms. The van der Waals surface area contributed by atoms with Crippen LogP contribution in [0.15, 0.2) is 54.6 Å². The number of carbonyl (C=O) groups is 2. The van der Waals surface area contributed by atoms with Crippen LogP contribution in [0.3, 0.4) is 0 Å². The van der Waals surface area contributed by atoms with Crippen LogP contribution in [0.25, 0.3) is 0 Å². The highest BCUT2D eigenvalue weighted by atomic mass is 35.5. The lowest BCUT2D eigenvalue weighted by atomic mass is 10.2. The van der Waals surface area contributed by atoms with Gasteiger partial charge in [-0.25, -0.2) is 9.18 Å². The first-order valence-electron chi connectivity index (χ1n) is 8.23. The van der Waals surface area contributed by atoms with E-state index in [2.05, 4.69) is 10.6 Å². The van der Waals surface area contributed by atoms with Crippen molar-refractivity contribution in [1.29, 1.82) is 0 Å². The number of amides is 3. The summed E-state index contributed by atoms with van der Waals surface area (Å²) < 4.78 is 18.7. The van der Waals surface area contributed by atoms with Crippen molar-refractivity contribution in [3.63, 3.8) is 0 Å². The zero-order valence-corrected chi connectivity index (χ0v) is 17.8. The van der Waals surface area contributed by atoms with Crippen LogP contribution < -0.4 is 15.4 Å². The van der Waals surface area contributed by atoms with E-state index in [0.717, 1.165) is 12.1 Å². The molecule has 0 saturated carbocycles. The summed E-state index contributed by atoms with van der Waals surface area (Å²) in [6.45, 7) is 0. The maximum atomic E-state index is 13.1. The minimum absolute atomic E-state index is 0.0464. The van der Waals surface area contributed by atoms with E-state index in [1.807, 2.05) is 0 Å². The Hall–Kier alpha value is -2.51. The number of anilines is 1. The fourth-order valence-corrected chi connectivity index (χ4v) is 3.26. The van der Waals surface area contributed by atoms with Gasteiger partial charge < -0.3 is 10.1 Å². The number of ether oxygens (including phenoxy) is 1. The number of imide groups is 1. The van der Waals surface area contributed by atoms with Crippen molar-refractivity contribution in [2.75, 3.05) is 5.32 Å². The molecular weight excluding hydrogens is 477 g/mol. The topological polar surface area (TPSA) is 67.4 Å². The lowest BCUT2D eigenvalue weighted by molar-refractivity contribution is 0.0967. The van der Waals surface area contributed by atoms with Gasteiger partial charge in [-0.1, -0.05) is 46.4 Å². The van der Waals surface area contributed by atoms with E-state index in [0.29, 0.717) is 27.2 Å². The number of halogens is 5. The molecule has 3 amide bonds. The van der Waals surface area contributed by atoms with Gasteiger partial charge in [0.05, 0.1) is 20.6 Å². The van der Waals surface area contributed by atoms with Crippen molar-refractivity contribution >= 4 is 64.0 Å². The van der Waals surface area contributed by atoms with Crippen LogP contribution in [-0.4, -0.2) is 11.9 Å². The number of rotatable bonds is 4. The Balaban J connectivity index is 1.66. The smallest absolute Gasteiger partial charge is 0.326 e. The minimum Gasteiger partial charge on any atom is -0.454 e. The van der Waals surface area contributed by atoms with E-state index in [1.54, 1.807) is 12.1 Å². The predicted molar refractivity (Wildman–Crippen MR) is 116 cm³/mol. The van der Waals surface area contributed by atoms with Crippen molar-refractivity contribution in [1.82, 2.24) is 5.32 Å². The van der Waals surface area contributed by atoms with Gasteiger partial charge in [-0.2, -0.15) is 0 Å². The highest BCUT2D eigenvalue weighted by Crippen LogP contribution is 2.36. The molecule has 0 heterocycles. The van der Waals surface area contributed by atoms with Gasteiger partial charge in [0.1, 0.15) is 17.3 Å². The largest absolute Gasteiger partial charge is 0.454 e. The van der Waals surface area contributed by atoms with Gasteiger partial charge in [0, 0.05) is 10.7 Å². The van der Waals surface area contributed by atoms with Crippen LogP contribution in [0.1, 0.15) is 10.4 Å². The van der Waals surface area contributed by atoms with E-state index in [1.165, 1.54) is 30.3 Å². The summed E-state index contributed by atoms with van der Waals surface area (Å²) in [4.78, 5) is 24.2. The third-order valence-electron chi connectivity index (χ3n) is 3.71. The van der Waals surface area contributed by atoms with Crippen molar-refractivity contribution in [3.8, 4) is 11.5 Å². The molecule has 0 bridgehead atoms. The Morgan fingerprint density at radius 3 is 2.10 bits per heavy atom. The zero-order chi connectivity index (χ0) is 21.8. The lowest BCUT2D eigenvalue weighted by Crippen LogP contribution is -2.34. The number of hydrogen-bond acceptors (Lipinski definition) is 3. The highest BCUT2D eigenvalue weighted by molar-refractivity contribution is 6.36. The number of urea groups is 1. The third kappa shape index (κ3) is 5.55. The Morgan fingerprint density at radius 2 is 1.47 bits per heavy atom. The molecule has 0 atom stereocenters. The van der Waals surface area contributed by atoms with Crippen LogP contribution in [0.2, 0.25) is 20.1 Å².